The van der Waals surface area contributed by atoms with Crippen LogP contribution in [0.4, 0.5) is 5.69 Å². The Hall–Kier alpha value is -1.93. The summed E-state index contributed by atoms with van der Waals surface area (Å²) >= 11 is 3.51. The van der Waals surface area contributed by atoms with Crippen LogP contribution in [0.1, 0.15) is 11.1 Å². The Morgan fingerprint density at radius 2 is 1.75 bits per heavy atom. The molecule has 2 heteroatoms. The minimum absolute atomic E-state index is 0.971. The molecule has 3 aromatic rings. The van der Waals surface area contributed by atoms with E-state index in [0.717, 1.165) is 15.7 Å². The lowest BCUT2D eigenvalue weighted by Gasteiger charge is -2.02. The number of benzene rings is 3. The van der Waals surface area contributed by atoms with E-state index in [1.54, 1.807) is 0 Å². The fourth-order valence-corrected chi connectivity index (χ4v) is 2.46. The fourth-order valence-electron chi connectivity index (χ4n) is 2.22. The van der Waals surface area contributed by atoms with Crippen LogP contribution in [0, 0.1) is 6.92 Å². The molecule has 3 rings (SSSR count). The summed E-state index contributed by atoms with van der Waals surface area (Å²) in [4.78, 5) is 4.58. The molecule has 0 unspecified atom stereocenters. The van der Waals surface area contributed by atoms with Gasteiger partial charge < -0.3 is 0 Å². The standard InChI is InChI=1S/C18H14BrN/c1-13-11-16(9-10-18(13)19)20-12-15-7-4-6-14-5-2-3-8-17(14)15/h2-12H,1H3. The van der Waals surface area contributed by atoms with E-state index in [2.05, 4.69) is 76.4 Å². The van der Waals surface area contributed by atoms with Crippen LogP contribution in [0.3, 0.4) is 0 Å². The van der Waals surface area contributed by atoms with Gasteiger partial charge in [-0.25, -0.2) is 0 Å². The first-order valence-electron chi connectivity index (χ1n) is 6.52. The molecule has 0 fully saturated rings. The second kappa shape index (κ2) is 5.59. The molecule has 0 aliphatic heterocycles. The van der Waals surface area contributed by atoms with Crippen LogP contribution >= 0.6 is 15.9 Å². The molecule has 0 heterocycles. The Morgan fingerprint density at radius 1 is 0.950 bits per heavy atom. The molecule has 0 atom stereocenters. The average molecular weight is 324 g/mol. The molecule has 98 valence electrons. The SMILES string of the molecule is Cc1cc(N=Cc2cccc3ccccc23)ccc1Br. The van der Waals surface area contributed by atoms with Gasteiger partial charge in [-0.3, -0.25) is 4.99 Å². The van der Waals surface area contributed by atoms with Crippen LogP contribution in [0.5, 0.6) is 0 Å². The number of rotatable bonds is 2. The normalized spacial score (nSPS) is 11.3. The zero-order valence-corrected chi connectivity index (χ0v) is 12.8. The molecule has 0 saturated heterocycles. The summed E-state index contributed by atoms with van der Waals surface area (Å²) in [6.07, 6.45) is 1.94. The Kier molecular flexibility index (Phi) is 3.66. The predicted molar refractivity (Wildman–Crippen MR) is 90.1 cm³/mol. The van der Waals surface area contributed by atoms with E-state index in [9.17, 15) is 0 Å². The molecule has 0 aliphatic rings. The Balaban J connectivity index is 2.00. The van der Waals surface area contributed by atoms with Crippen LogP contribution in [0.2, 0.25) is 0 Å². The molecule has 0 saturated carbocycles. The van der Waals surface area contributed by atoms with Gasteiger partial charge in [-0.1, -0.05) is 58.4 Å². The van der Waals surface area contributed by atoms with Crippen LogP contribution in [-0.2, 0) is 0 Å². The van der Waals surface area contributed by atoms with Gasteiger partial charge in [0.1, 0.15) is 0 Å². The van der Waals surface area contributed by atoms with Gasteiger partial charge in [0.05, 0.1) is 5.69 Å². The Morgan fingerprint density at radius 3 is 2.60 bits per heavy atom. The summed E-state index contributed by atoms with van der Waals surface area (Å²) in [6.45, 7) is 2.07. The molecule has 0 radical (unpaired) electrons. The van der Waals surface area contributed by atoms with Gasteiger partial charge in [-0.2, -0.15) is 0 Å². The number of aliphatic imine (C=N–C) groups is 1. The fraction of sp³-hybridized carbons (Fsp3) is 0.0556. The number of halogens is 1. The van der Waals surface area contributed by atoms with Crippen LogP contribution < -0.4 is 0 Å². The highest BCUT2D eigenvalue weighted by molar-refractivity contribution is 9.10. The van der Waals surface area contributed by atoms with Gasteiger partial charge in [0.2, 0.25) is 0 Å². The minimum atomic E-state index is 0.971. The van der Waals surface area contributed by atoms with Crippen molar-refractivity contribution in [1.82, 2.24) is 0 Å². The molecular formula is C18H14BrN. The van der Waals surface area contributed by atoms with Crippen molar-refractivity contribution >= 4 is 38.6 Å². The third-order valence-corrected chi connectivity index (χ3v) is 4.21. The monoisotopic (exact) mass is 323 g/mol. The summed E-state index contributed by atoms with van der Waals surface area (Å²) in [5.41, 5.74) is 3.31. The molecule has 0 aromatic heterocycles. The van der Waals surface area contributed by atoms with Crippen molar-refractivity contribution in [3.63, 3.8) is 0 Å². The topological polar surface area (TPSA) is 12.4 Å². The number of nitrogens with zero attached hydrogens (tertiary/aromatic N) is 1. The summed E-state index contributed by atoms with van der Waals surface area (Å²) in [6, 6.07) is 20.8. The predicted octanol–water partition coefficient (Wildman–Crippen LogP) is 5.66. The van der Waals surface area contributed by atoms with E-state index in [1.807, 2.05) is 18.3 Å². The van der Waals surface area contributed by atoms with Gasteiger partial charge in [-0.05, 0) is 41.5 Å². The minimum Gasteiger partial charge on any atom is -0.256 e. The zero-order chi connectivity index (χ0) is 13.9. The van der Waals surface area contributed by atoms with Crippen molar-refractivity contribution in [3.05, 3.63) is 76.3 Å². The van der Waals surface area contributed by atoms with E-state index in [1.165, 1.54) is 16.3 Å². The number of aryl methyl sites for hydroxylation is 1. The van der Waals surface area contributed by atoms with Crippen molar-refractivity contribution in [2.24, 2.45) is 4.99 Å². The van der Waals surface area contributed by atoms with E-state index < -0.39 is 0 Å². The quantitative estimate of drug-likeness (QED) is 0.539. The average Bonchev–Trinajstić information content (AvgIpc) is 2.48. The zero-order valence-electron chi connectivity index (χ0n) is 11.2. The van der Waals surface area contributed by atoms with Crippen LogP contribution in [0.25, 0.3) is 10.8 Å². The molecule has 0 N–H and O–H groups in total. The second-order valence-electron chi connectivity index (χ2n) is 4.76. The smallest absolute Gasteiger partial charge is 0.0633 e. The first kappa shape index (κ1) is 13.1. The summed E-state index contributed by atoms with van der Waals surface area (Å²) in [7, 11) is 0. The van der Waals surface area contributed by atoms with Crippen molar-refractivity contribution in [1.29, 1.82) is 0 Å². The largest absolute Gasteiger partial charge is 0.256 e. The maximum Gasteiger partial charge on any atom is 0.0633 e. The maximum atomic E-state index is 4.58. The van der Waals surface area contributed by atoms with Crippen LogP contribution in [0.15, 0.2) is 70.1 Å². The summed E-state index contributed by atoms with van der Waals surface area (Å²) < 4.78 is 1.11. The summed E-state index contributed by atoms with van der Waals surface area (Å²) in [5.74, 6) is 0. The summed E-state index contributed by atoms with van der Waals surface area (Å²) in [5, 5.41) is 2.47. The highest BCUT2D eigenvalue weighted by Crippen LogP contribution is 2.23. The molecule has 0 amide bonds. The number of hydrogen-bond donors (Lipinski definition) is 0. The molecule has 0 bridgehead atoms. The van der Waals surface area contributed by atoms with Crippen molar-refractivity contribution in [2.45, 2.75) is 6.92 Å². The lowest BCUT2D eigenvalue weighted by molar-refractivity contribution is 1.40. The molecule has 0 aliphatic carbocycles. The van der Waals surface area contributed by atoms with E-state index >= 15 is 0 Å². The molecule has 1 nitrogen and oxygen atoms in total. The third-order valence-electron chi connectivity index (χ3n) is 3.32. The number of hydrogen-bond acceptors (Lipinski definition) is 1. The van der Waals surface area contributed by atoms with E-state index in [-0.39, 0.29) is 0 Å². The Bertz CT molecular complexity index is 785. The molecule has 0 spiro atoms. The lowest BCUT2D eigenvalue weighted by Crippen LogP contribution is -1.84. The van der Waals surface area contributed by atoms with Gasteiger partial charge in [0.25, 0.3) is 0 Å². The first-order chi connectivity index (χ1) is 9.74. The van der Waals surface area contributed by atoms with E-state index in [4.69, 9.17) is 0 Å². The molecule has 20 heavy (non-hydrogen) atoms. The van der Waals surface area contributed by atoms with Crippen molar-refractivity contribution in [3.8, 4) is 0 Å². The molecular weight excluding hydrogens is 310 g/mol. The van der Waals surface area contributed by atoms with Gasteiger partial charge in [-0.15, -0.1) is 0 Å². The number of fused-ring (bicyclic) bond motifs is 1. The lowest BCUT2D eigenvalue weighted by atomic mass is 10.1. The Labute approximate surface area is 127 Å². The molecule has 3 aromatic carbocycles. The van der Waals surface area contributed by atoms with Gasteiger partial charge in [0, 0.05) is 16.3 Å². The van der Waals surface area contributed by atoms with Crippen LogP contribution in [-0.4, -0.2) is 6.21 Å². The van der Waals surface area contributed by atoms with Crippen molar-refractivity contribution in [2.75, 3.05) is 0 Å². The first-order valence-corrected chi connectivity index (χ1v) is 7.31. The maximum absolute atomic E-state index is 4.58. The van der Waals surface area contributed by atoms with Gasteiger partial charge in [0.15, 0.2) is 0 Å². The van der Waals surface area contributed by atoms with E-state index in [0.29, 0.717) is 0 Å². The highest BCUT2D eigenvalue weighted by Gasteiger charge is 1.98. The van der Waals surface area contributed by atoms with Crippen molar-refractivity contribution < 1.29 is 0 Å². The van der Waals surface area contributed by atoms with Gasteiger partial charge >= 0.3 is 0 Å². The highest BCUT2D eigenvalue weighted by atomic mass is 79.9. The third kappa shape index (κ3) is 2.66. The second-order valence-corrected chi connectivity index (χ2v) is 5.61.